The SMILES string of the molecule is Cc1ccc(C(=O)N2CCC3(CC2)Oc2ccccc2-n2c(C(F)(F)F)ccc23)cc1. The Kier molecular flexibility index (Phi) is 4.39. The Labute approximate surface area is 177 Å². The van der Waals surface area contributed by atoms with E-state index in [1.54, 1.807) is 41.3 Å². The lowest BCUT2D eigenvalue weighted by atomic mass is 9.86. The molecule has 5 rings (SSSR count). The zero-order chi connectivity index (χ0) is 21.8. The van der Waals surface area contributed by atoms with Crippen LogP contribution in [0.4, 0.5) is 13.2 Å². The molecule has 1 saturated heterocycles. The van der Waals surface area contributed by atoms with Crippen LogP contribution in [0.15, 0.2) is 60.7 Å². The van der Waals surface area contributed by atoms with E-state index in [0.29, 0.717) is 48.6 Å². The van der Waals surface area contributed by atoms with Crippen LogP contribution in [0.25, 0.3) is 5.69 Å². The Bertz CT molecular complexity index is 1140. The molecule has 1 fully saturated rings. The van der Waals surface area contributed by atoms with E-state index in [4.69, 9.17) is 4.74 Å². The third-order valence-electron chi connectivity index (χ3n) is 6.21. The summed E-state index contributed by atoms with van der Waals surface area (Å²) in [6, 6.07) is 16.8. The van der Waals surface area contributed by atoms with Crippen LogP contribution >= 0.6 is 0 Å². The minimum absolute atomic E-state index is 0.0718. The fourth-order valence-corrected chi connectivity index (χ4v) is 4.57. The summed E-state index contributed by atoms with van der Waals surface area (Å²) < 4.78 is 48.8. The molecule has 3 heterocycles. The first-order valence-electron chi connectivity index (χ1n) is 10.2. The van der Waals surface area contributed by atoms with E-state index in [-0.39, 0.29) is 5.91 Å². The van der Waals surface area contributed by atoms with Gasteiger partial charge in [-0.3, -0.25) is 4.79 Å². The number of carbonyl (C=O) groups excluding carboxylic acids is 1. The van der Waals surface area contributed by atoms with Gasteiger partial charge in [-0.15, -0.1) is 0 Å². The second-order valence-corrected chi connectivity index (χ2v) is 8.16. The topological polar surface area (TPSA) is 34.5 Å². The van der Waals surface area contributed by atoms with Crippen LogP contribution in [0.5, 0.6) is 5.75 Å². The number of hydrogen-bond donors (Lipinski definition) is 0. The van der Waals surface area contributed by atoms with Crippen molar-refractivity contribution >= 4 is 5.91 Å². The Hall–Kier alpha value is -3.22. The number of nitrogens with zero attached hydrogens (tertiary/aromatic N) is 2. The van der Waals surface area contributed by atoms with Gasteiger partial charge in [0.1, 0.15) is 11.4 Å². The van der Waals surface area contributed by atoms with Gasteiger partial charge in [-0.25, -0.2) is 0 Å². The minimum Gasteiger partial charge on any atom is -0.479 e. The fourth-order valence-electron chi connectivity index (χ4n) is 4.57. The highest BCUT2D eigenvalue weighted by molar-refractivity contribution is 5.94. The molecular formula is C24H21F3N2O2. The van der Waals surface area contributed by atoms with Gasteiger partial charge in [0.15, 0.2) is 5.60 Å². The van der Waals surface area contributed by atoms with Crippen LogP contribution in [0.2, 0.25) is 0 Å². The van der Waals surface area contributed by atoms with Crippen molar-refractivity contribution in [2.24, 2.45) is 0 Å². The van der Waals surface area contributed by atoms with Crippen LogP contribution in [0, 0.1) is 6.92 Å². The number of benzene rings is 2. The summed E-state index contributed by atoms with van der Waals surface area (Å²) >= 11 is 0. The van der Waals surface area contributed by atoms with Gasteiger partial charge < -0.3 is 14.2 Å². The molecule has 0 unspecified atom stereocenters. The van der Waals surface area contributed by atoms with Gasteiger partial charge >= 0.3 is 6.18 Å². The van der Waals surface area contributed by atoms with E-state index in [1.165, 1.54) is 10.6 Å². The molecule has 0 aliphatic carbocycles. The number of hydrogen-bond acceptors (Lipinski definition) is 2. The number of likely N-dealkylation sites (tertiary alicyclic amines) is 1. The molecule has 7 heteroatoms. The Morgan fingerprint density at radius 2 is 1.65 bits per heavy atom. The number of carbonyl (C=O) groups is 1. The number of aryl methyl sites for hydroxylation is 1. The molecule has 1 spiro atoms. The van der Waals surface area contributed by atoms with E-state index < -0.39 is 17.5 Å². The van der Waals surface area contributed by atoms with Crippen LogP contribution in [-0.4, -0.2) is 28.5 Å². The standard InChI is InChI=1S/C24H21F3N2O2/c1-16-6-8-17(9-7-16)22(30)28-14-12-23(13-15-28)20-10-11-21(24(25,26)27)29(20)18-4-2-3-5-19(18)31-23/h2-11H,12-15H2,1H3. The van der Waals surface area contributed by atoms with Crippen molar-refractivity contribution in [1.82, 2.24) is 9.47 Å². The summed E-state index contributed by atoms with van der Waals surface area (Å²) in [6.07, 6.45) is -3.65. The second kappa shape index (κ2) is 6.90. The number of piperidine rings is 1. The molecule has 0 N–H and O–H groups in total. The van der Waals surface area contributed by atoms with Crippen molar-refractivity contribution < 1.29 is 22.7 Å². The maximum atomic E-state index is 13.7. The number of alkyl halides is 3. The monoisotopic (exact) mass is 426 g/mol. The first-order chi connectivity index (χ1) is 14.8. The molecule has 3 aromatic rings. The zero-order valence-corrected chi connectivity index (χ0v) is 16.9. The third-order valence-corrected chi connectivity index (χ3v) is 6.21. The molecule has 2 aliphatic rings. The van der Waals surface area contributed by atoms with Crippen molar-refractivity contribution in [3.63, 3.8) is 0 Å². The molecule has 2 aromatic carbocycles. The van der Waals surface area contributed by atoms with E-state index in [1.807, 2.05) is 19.1 Å². The molecule has 31 heavy (non-hydrogen) atoms. The third kappa shape index (κ3) is 3.19. The van der Waals surface area contributed by atoms with Gasteiger partial charge in [-0.2, -0.15) is 13.2 Å². The number of fused-ring (bicyclic) bond motifs is 4. The lowest BCUT2D eigenvalue weighted by Gasteiger charge is -2.45. The average Bonchev–Trinajstić information content (AvgIpc) is 3.22. The summed E-state index contributed by atoms with van der Waals surface area (Å²) in [5, 5.41) is 0. The number of halogens is 3. The molecule has 2 aliphatic heterocycles. The number of aromatic nitrogens is 1. The molecular weight excluding hydrogens is 405 g/mol. The number of amides is 1. The zero-order valence-electron chi connectivity index (χ0n) is 16.9. The summed E-state index contributed by atoms with van der Waals surface area (Å²) in [5.74, 6) is 0.354. The minimum atomic E-state index is -4.48. The van der Waals surface area contributed by atoms with Gasteiger partial charge in [0.2, 0.25) is 0 Å². The highest BCUT2D eigenvalue weighted by Gasteiger charge is 2.48. The second-order valence-electron chi connectivity index (χ2n) is 8.16. The Morgan fingerprint density at radius 3 is 2.32 bits per heavy atom. The smallest absolute Gasteiger partial charge is 0.431 e. The molecule has 1 aromatic heterocycles. The lowest BCUT2D eigenvalue weighted by molar-refractivity contribution is -0.143. The van der Waals surface area contributed by atoms with Crippen molar-refractivity contribution in [1.29, 1.82) is 0 Å². The average molecular weight is 426 g/mol. The van der Waals surface area contributed by atoms with Gasteiger partial charge in [0, 0.05) is 31.5 Å². The van der Waals surface area contributed by atoms with Crippen molar-refractivity contribution in [3.8, 4) is 11.4 Å². The van der Waals surface area contributed by atoms with Gasteiger partial charge in [0.25, 0.3) is 5.91 Å². The molecule has 0 saturated carbocycles. The quantitative estimate of drug-likeness (QED) is 0.527. The molecule has 4 nitrogen and oxygen atoms in total. The number of rotatable bonds is 1. The summed E-state index contributed by atoms with van der Waals surface area (Å²) in [6.45, 7) is 2.77. The molecule has 0 bridgehead atoms. The van der Waals surface area contributed by atoms with Crippen LogP contribution < -0.4 is 4.74 Å². The van der Waals surface area contributed by atoms with E-state index in [2.05, 4.69) is 0 Å². The van der Waals surface area contributed by atoms with Crippen LogP contribution in [0.3, 0.4) is 0 Å². The van der Waals surface area contributed by atoms with E-state index in [9.17, 15) is 18.0 Å². The maximum absolute atomic E-state index is 13.7. The van der Waals surface area contributed by atoms with Crippen molar-refractivity contribution in [2.45, 2.75) is 31.5 Å². The van der Waals surface area contributed by atoms with Gasteiger partial charge in [0.05, 0.1) is 11.4 Å². The molecule has 160 valence electrons. The first-order valence-corrected chi connectivity index (χ1v) is 10.2. The molecule has 0 atom stereocenters. The summed E-state index contributed by atoms with van der Waals surface area (Å²) in [5.41, 5.74) is 0.946. The van der Waals surface area contributed by atoms with E-state index in [0.717, 1.165) is 11.6 Å². The van der Waals surface area contributed by atoms with E-state index >= 15 is 0 Å². The fraction of sp³-hybridized carbons (Fsp3) is 0.292. The van der Waals surface area contributed by atoms with Crippen molar-refractivity contribution in [2.75, 3.05) is 13.1 Å². The Morgan fingerprint density at radius 1 is 0.968 bits per heavy atom. The maximum Gasteiger partial charge on any atom is 0.431 e. The first kappa shape index (κ1) is 19.7. The largest absolute Gasteiger partial charge is 0.479 e. The predicted molar refractivity (Wildman–Crippen MR) is 109 cm³/mol. The molecule has 1 amide bonds. The van der Waals surface area contributed by atoms with Crippen LogP contribution in [-0.2, 0) is 11.8 Å². The summed E-state index contributed by atoms with van der Waals surface area (Å²) in [7, 11) is 0. The predicted octanol–water partition coefficient (Wildman–Crippen LogP) is 5.33. The highest BCUT2D eigenvalue weighted by atomic mass is 19.4. The lowest BCUT2D eigenvalue weighted by Crippen LogP contribution is -2.50. The normalized spacial score (nSPS) is 17.1. The summed E-state index contributed by atoms with van der Waals surface area (Å²) in [4.78, 5) is 14.6. The number of para-hydroxylation sites is 2. The van der Waals surface area contributed by atoms with Gasteiger partial charge in [-0.1, -0.05) is 29.8 Å². The van der Waals surface area contributed by atoms with Crippen LogP contribution in [0.1, 0.15) is 40.2 Å². The van der Waals surface area contributed by atoms with Crippen molar-refractivity contribution in [3.05, 3.63) is 83.2 Å². The highest BCUT2D eigenvalue weighted by Crippen LogP contribution is 2.48. The Balaban J connectivity index is 1.48. The van der Waals surface area contributed by atoms with Gasteiger partial charge in [-0.05, 0) is 43.3 Å². The molecule has 0 radical (unpaired) electrons. The number of ether oxygens (including phenoxy) is 1.